The quantitative estimate of drug-likeness (QED) is 0.650. The van der Waals surface area contributed by atoms with E-state index in [2.05, 4.69) is 11.6 Å². The topological polar surface area (TPSA) is 123 Å². The van der Waals surface area contributed by atoms with Crippen LogP contribution in [0, 0.1) is 5.82 Å². The Bertz CT molecular complexity index is 692. The number of aliphatic hydroxyl groups is 2. The zero-order valence-corrected chi connectivity index (χ0v) is 12.9. The van der Waals surface area contributed by atoms with Gasteiger partial charge in [0.1, 0.15) is 12.2 Å². The van der Waals surface area contributed by atoms with Crippen LogP contribution in [0.1, 0.15) is 19.6 Å². The molecule has 9 nitrogen and oxygen atoms in total. The molecule has 3 N–H and O–H groups in total. The van der Waals surface area contributed by atoms with E-state index in [1.54, 1.807) is 6.92 Å². The summed E-state index contributed by atoms with van der Waals surface area (Å²) < 4.78 is 24.8. The molecule has 1 aromatic rings. The van der Waals surface area contributed by atoms with Crippen molar-refractivity contribution in [3.8, 4) is 0 Å². The summed E-state index contributed by atoms with van der Waals surface area (Å²) in [5, 5.41) is 20.9. The molecule has 0 unspecified atom stereocenters. The fourth-order valence-corrected chi connectivity index (χ4v) is 2.13. The summed E-state index contributed by atoms with van der Waals surface area (Å²) in [4.78, 5) is 26.9. The monoisotopic (exact) mass is 343 g/mol. The Kier molecular flexibility index (Phi) is 5.65. The number of carbonyl (C=O) groups excluding carboxylic acids is 1. The van der Waals surface area contributed by atoms with Crippen LogP contribution in [0.15, 0.2) is 23.1 Å². The molecule has 0 saturated carbocycles. The van der Waals surface area contributed by atoms with Gasteiger partial charge < -0.3 is 19.7 Å². The van der Waals surface area contributed by atoms with Crippen molar-refractivity contribution in [1.82, 2.24) is 9.55 Å². The number of nitrogens with zero attached hydrogens (tertiary/aromatic N) is 2. The first-order valence-electron chi connectivity index (χ1n) is 7.24. The number of halogens is 1. The van der Waals surface area contributed by atoms with E-state index >= 15 is 0 Å². The minimum atomic E-state index is -1.20. The molecule has 1 saturated heterocycles. The summed E-state index contributed by atoms with van der Waals surface area (Å²) in [7, 11) is 0. The van der Waals surface area contributed by atoms with Gasteiger partial charge in [0, 0.05) is 5.57 Å². The lowest BCUT2D eigenvalue weighted by Crippen LogP contribution is -2.30. The third-order valence-electron chi connectivity index (χ3n) is 3.35. The van der Waals surface area contributed by atoms with Crippen molar-refractivity contribution in [3.63, 3.8) is 0 Å². The number of rotatable bonds is 5. The maximum atomic E-state index is 14.1. The number of aliphatic hydroxyl groups excluding tert-OH is 2. The summed E-state index contributed by atoms with van der Waals surface area (Å²) >= 11 is 0. The van der Waals surface area contributed by atoms with E-state index < -0.39 is 48.5 Å². The normalized spacial score (nSPS) is 23.3. The van der Waals surface area contributed by atoms with Gasteiger partial charge in [-0.1, -0.05) is 13.5 Å². The van der Waals surface area contributed by atoms with E-state index in [1.807, 2.05) is 5.32 Å². The number of ether oxygens (including phenoxy) is 2. The molecule has 0 aliphatic carbocycles. The Morgan fingerprint density at radius 2 is 2.33 bits per heavy atom. The van der Waals surface area contributed by atoms with Gasteiger partial charge in [0.25, 0.3) is 0 Å². The summed E-state index contributed by atoms with van der Waals surface area (Å²) in [5.41, 5.74) is -0.848. The highest BCUT2D eigenvalue weighted by Crippen LogP contribution is 2.32. The highest BCUT2D eigenvalue weighted by molar-refractivity contribution is 5.83. The highest BCUT2D eigenvalue weighted by atomic mass is 19.1. The average Bonchev–Trinajstić information content (AvgIpc) is 2.84. The third kappa shape index (κ3) is 3.61. The number of anilines is 1. The average molecular weight is 343 g/mol. The molecule has 0 bridgehead atoms. The van der Waals surface area contributed by atoms with Gasteiger partial charge in [0.2, 0.25) is 0 Å². The van der Waals surface area contributed by atoms with E-state index in [9.17, 15) is 19.1 Å². The van der Waals surface area contributed by atoms with Crippen LogP contribution in [0.25, 0.3) is 0 Å². The molecule has 1 fully saturated rings. The maximum Gasteiger partial charge on any atom is 0.412 e. The standard InChI is InChI=1S/C14H18FN3O6/c1-3-4-23-14(22)17-11-8(15)5-18(13(21)16-11)12-7(2)10(20)9(6-19)24-12/h5,9-10,12,19-20H,2-4,6H2,1H3,(H,16,17,21,22)/t9-,10+,12-/m1/s1. The molecule has 1 aliphatic rings. The fraction of sp³-hybridized carbons (Fsp3) is 0.500. The molecule has 1 amide bonds. The molecule has 0 aromatic carbocycles. The minimum absolute atomic E-state index is 0.0837. The number of hydrogen-bond donors (Lipinski definition) is 3. The number of nitrogens with one attached hydrogen (secondary N) is 1. The smallest absolute Gasteiger partial charge is 0.412 e. The van der Waals surface area contributed by atoms with Crippen LogP contribution in [0.2, 0.25) is 0 Å². The Morgan fingerprint density at radius 1 is 1.62 bits per heavy atom. The van der Waals surface area contributed by atoms with Crippen LogP contribution in [0.3, 0.4) is 0 Å². The van der Waals surface area contributed by atoms with Crippen LogP contribution in [0.4, 0.5) is 15.0 Å². The molecule has 0 spiro atoms. The van der Waals surface area contributed by atoms with Gasteiger partial charge in [-0.05, 0) is 6.42 Å². The second kappa shape index (κ2) is 7.51. The van der Waals surface area contributed by atoms with Crippen molar-refractivity contribution in [2.75, 3.05) is 18.5 Å². The number of amides is 1. The van der Waals surface area contributed by atoms with Crippen molar-refractivity contribution >= 4 is 11.9 Å². The SMILES string of the molecule is C=C1[C@H](n2cc(F)c(NC(=O)OCCC)nc2=O)O[C@H](CO)[C@H]1O. The Balaban J connectivity index is 2.23. The molecule has 3 atom stereocenters. The van der Waals surface area contributed by atoms with Crippen LogP contribution >= 0.6 is 0 Å². The van der Waals surface area contributed by atoms with Crippen molar-refractivity contribution in [3.05, 3.63) is 34.7 Å². The van der Waals surface area contributed by atoms with E-state index in [0.29, 0.717) is 6.42 Å². The van der Waals surface area contributed by atoms with Gasteiger partial charge in [-0.15, -0.1) is 0 Å². The van der Waals surface area contributed by atoms with Gasteiger partial charge in [-0.2, -0.15) is 4.98 Å². The predicted octanol–water partition coefficient (Wildman–Crippen LogP) is 0.148. The molecule has 1 aliphatic heterocycles. The summed E-state index contributed by atoms with van der Waals surface area (Å²) in [6, 6.07) is 0. The van der Waals surface area contributed by atoms with Crippen LogP contribution < -0.4 is 11.0 Å². The summed E-state index contributed by atoms with van der Waals surface area (Å²) in [5.74, 6) is -1.58. The third-order valence-corrected chi connectivity index (χ3v) is 3.35. The highest BCUT2D eigenvalue weighted by Gasteiger charge is 2.39. The maximum absolute atomic E-state index is 14.1. The number of carbonyl (C=O) groups is 1. The first-order valence-corrected chi connectivity index (χ1v) is 7.24. The molecule has 2 heterocycles. The molecular formula is C14H18FN3O6. The predicted molar refractivity (Wildman–Crippen MR) is 79.9 cm³/mol. The lowest BCUT2D eigenvalue weighted by atomic mass is 10.1. The van der Waals surface area contributed by atoms with Gasteiger partial charge >= 0.3 is 11.8 Å². The summed E-state index contributed by atoms with van der Waals surface area (Å²) in [6.45, 7) is 5.01. The zero-order valence-electron chi connectivity index (χ0n) is 12.9. The second-order valence-corrected chi connectivity index (χ2v) is 5.12. The van der Waals surface area contributed by atoms with Crippen molar-refractivity contribution in [2.45, 2.75) is 31.8 Å². The van der Waals surface area contributed by atoms with Crippen molar-refractivity contribution < 1.29 is 28.9 Å². The fourth-order valence-electron chi connectivity index (χ4n) is 2.13. The molecule has 132 valence electrons. The minimum Gasteiger partial charge on any atom is -0.449 e. The summed E-state index contributed by atoms with van der Waals surface area (Å²) in [6.07, 6.45) is -2.92. The van der Waals surface area contributed by atoms with E-state index in [4.69, 9.17) is 14.6 Å². The Morgan fingerprint density at radius 3 is 2.92 bits per heavy atom. The lowest BCUT2D eigenvalue weighted by molar-refractivity contribution is -0.0449. The lowest BCUT2D eigenvalue weighted by Gasteiger charge is -2.15. The Hall–Kier alpha value is -2.30. The number of hydrogen-bond acceptors (Lipinski definition) is 7. The van der Waals surface area contributed by atoms with Gasteiger partial charge in [0.15, 0.2) is 17.9 Å². The molecular weight excluding hydrogens is 325 g/mol. The molecule has 0 radical (unpaired) electrons. The molecule has 10 heteroatoms. The van der Waals surface area contributed by atoms with E-state index in [0.717, 1.165) is 10.8 Å². The van der Waals surface area contributed by atoms with Crippen molar-refractivity contribution in [2.24, 2.45) is 0 Å². The van der Waals surface area contributed by atoms with Gasteiger partial charge in [-0.25, -0.2) is 14.0 Å². The Labute approximate surface area is 136 Å². The van der Waals surface area contributed by atoms with E-state index in [-0.39, 0.29) is 12.2 Å². The van der Waals surface area contributed by atoms with Crippen LogP contribution in [-0.2, 0) is 9.47 Å². The van der Waals surface area contributed by atoms with Crippen LogP contribution in [-0.4, -0.2) is 51.3 Å². The molecule has 1 aromatic heterocycles. The van der Waals surface area contributed by atoms with Gasteiger partial charge in [0.05, 0.1) is 19.4 Å². The zero-order chi connectivity index (χ0) is 17.9. The van der Waals surface area contributed by atoms with E-state index in [1.165, 1.54) is 0 Å². The van der Waals surface area contributed by atoms with Crippen LogP contribution in [0.5, 0.6) is 0 Å². The number of aromatic nitrogens is 2. The van der Waals surface area contributed by atoms with Gasteiger partial charge in [-0.3, -0.25) is 9.88 Å². The molecule has 2 rings (SSSR count). The first-order chi connectivity index (χ1) is 11.4. The second-order valence-electron chi connectivity index (χ2n) is 5.12. The van der Waals surface area contributed by atoms with Crippen molar-refractivity contribution in [1.29, 1.82) is 0 Å². The molecule has 24 heavy (non-hydrogen) atoms. The largest absolute Gasteiger partial charge is 0.449 e. The first kappa shape index (κ1) is 18.0.